The van der Waals surface area contributed by atoms with Crippen LogP contribution in [0.15, 0.2) is 12.2 Å². The van der Waals surface area contributed by atoms with Crippen LogP contribution in [0.2, 0.25) is 0 Å². The molecule has 1 heterocycles. The van der Waals surface area contributed by atoms with Crippen LogP contribution >= 0.6 is 0 Å². The van der Waals surface area contributed by atoms with E-state index in [-0.39, 0.29) is 6.54 Å². The van der Waals surface area contributed by atoms with Gasteiger partial charge in [0, 0.05) is 102 Å². The average molecular weight is 1370 g/mol. The first kappa shape index (κ1) is 83.0. The molecule has 0 aliphatic carbocycles. The molecule has 0 saturated heterocycles. The quantitative estimate of drug-likeness (QED) is 0.0254. The lowest BCUT2D eigenvalue weighted by Gasteiger charge is -2.28. The predicted octanol–water partition coefficient (Wildman–Crippen LogP) is -4.94. The Morgan fingerprint density at radius 3 is 0.740 bits per heavy atom. The molecule has 1 rings (SSSR count). The minimum atomic E-state index is -2.16. The first-order valence-corrected chi connectivity index (χ1v) is 29.7. The van der Waals surface area contributed by atoms with E-state index < -0.39 is 314 Å². The summed E-state index contributed by atoms with van der Waals surface area (Å²) in [6.45, 7) is 1.30. The number of carbonyl (C=O) groups excluding carboxylic acids is 12. The van der Waals surface area contributed by atoms with Gasteiger partial charge >= 0.3 is 53.7 Å². The lowest BCUT2D eigenvalue weighted by atomic mass is 9.94. The van der Waals surface area contributed by atoms with Gasteiger partial charge in [0.25, 0.3) is 11.8 Å². The predicted molar refractivity (Wildman–Crippen MR) is 314 cm³/mol. The van der Waals surface area contributed by atoms with Crippen LogP contribution in [-0.2, 0) is 101 Å². The third-order valence-electron chi connectivity index (χ3n) is 13.9. The van der Waals surface area contributed by atoms with Crippen molar-refractivity contribution in [3.63, 3.8) is 0 Å². The number of imide groups is 1. The summed E-state index contributed by atoms with van der Waals surface area (Å²) in [4.78, 5) is 267. The molecule has 9 atom stereocenters. The molecule has 0 aromatic rings. The zero-order valence-electron chi connectivity index (χ0n) is 51.7. The standard InChI is InChI=1S/C56H78N10O30/c1-2-24-57-49(89)29(4-15-40(72)73)59-51(91)31(6-17-42(76)77)61-53(93)33(8-19-44(80)81)63-55(95)35(10-21-46(84)85)65-56(96)36(11-22-47(86)87)64-54(94)34(9-20-45(82)83)62-52(92)32(7-18-43(78)79)60-50(90)30(5-16-41(74)75)58-48(88)27(3-14-39(70)71)26-28(67)23-25-66-37(68)12-13-38(66)69/h12-13,27,29-36H,2-11,14-26H2,1H3,(H,57,89)(H,58,88)(H,59,91)(H,60,90)(H,61,93)(H,62,92)(H,63,95)(H,64,94)(H,65,96)(H,70,71)(H,72,73)(H,74,75)(H,76,77)(H,78,79)(H,80,81)(H,82,83)(H,84,85)(H,86,87)/t27-,29+,30+,31+,32+,33+,34+,35+,36+/m0/s1. The van der Waals surface area contributed by atoms with Crippen molar-refractivity contribution in [1.29, 1.82) is 0 Å². The van der Waals surface area contributed by atoms with Crippen LogP contribution < -0.4 is 47.9 Å². The summed E-state index contributed by atoms with van der Waals surface area (Å²) in [6, 6.07) is -16.1. The molecule has 0 saturated carbocycles. The van der Waals surface area contributed by atoms with Crippen LogP contribution in [0.3, 0.4) is 0 Å². The molecule has 40 heteroatoms. The molecule has 40 nitrogen and oxygen atoms in total. The number of hydrogen-bond acceptors (Lipinski definition) is 21. The summed E-state index contributed by atoms with van der Waals surface area (Å²) in [5, 5.41) is 105. The van der Waals surface area contributed by atoms with E-state index in [1.165, 1.54) is 0 Å². The maximum absolute atomic E-state index is 14.1. The van der Waals surface area contributed by atoms with Gasteiger partial charge in [-0.3, -0.25) is 106 Å². The Kier molecular flexibility index (Phi) is 37.2. The number of nitrogens with one attached hydrogen (secondary N) is 9. The minimum Gasteiger partial charge on any atom is -0.481 e. The van der Waals surface area contributed by atoms with Gasteiger partial charge in [0.15, 0.2) is 0 Å². The zero-order valence-corrected chi connectivity index (χ0v) is 51.7. The topological polar surface area (TPSA) is 652 Å². The Labute approximate surface area is 543 Å². The van der Waals surface area contributed by atoms with Gasteiger partial charge in [-0.15, -0.1) is 0 Å². The summed E-state index contributed by atoms with van der Waals surface area (Å²) in [5.41, 5.74) is 0. The molecular weight excluding hydrogens is 1290 g/mol. The summed E-state index contributed by atoms with van der Waals surface area (Å²) in [6.07, 6.45) is -14.1. The van der Waals surface area contributed by atoms with Gasteiger partial charge in [-0.05, 0) is 64.2 Å². The Bertz CT molecular complexity index is 2950. The van der Waals surface area contributed by atoms with Crippen LogP contribution in [0.4, 0.5) is 0 Å². The highest BCUT2D eigenvalue weighted by atomic mass is 16.4. The molecule has 1 aliphatic rings. The van der Waals surface area contributed by atoms with Crippen molar-refractivity contribution in [2.45, 2.75) is 190 Å². The molecule has 0 radical (unpaired) electrons. The first-order chi connectivity index (χ1) is 44.9. The van der Waals surface area contributed by atoms with Crippen LogP contribution in [0, 0.1) is 5.92 Å². The zero-order chi connectivity index (χ0) is 72.9. The largest absolute Gasteiger partial charge is 0.481 e. The normalized spacial score (nSPS) is 14.4. The first-order valence-electron chi connectivity index (χ1n) is 29.7. The number of hydrogen-bond donors (Lipinski definition) is 18. The van der Waals surface area contributed by atoms with Gasteiger partial charge in [-0.2, -0.15) is 0 Å². The van der Waals surface area contributed by atoms with Crippen molar-refractivity contribution in [2.75, 3.05) is 13.1 Å². The highest BCUT2D eigenvalue weighted by molar-refractivity contribution is 6.13. The van der Waals surface area contributed by atoms with E-state index in [0.717, 1.165) is 12.2 Å². The van der Waals surface area contributed by atoms with E-state index in [0.29, 0.717) is 11.3 Å². The Morgan fingerprint density at radius 2 is 0.521 bits per heavy atom. The lowest BCUT2D eigenvalue weighted by Crippen LogP contribution is -2.60. The summed E-state index contributed by atoms with van der Waals surface area (Å²) < 4.78 is 0. The van der Waals surface area contributed by atoms with Gasteiger partial charge in [0.2, 0.25) is 53.2 Å². The third-order valence-corrected chi connectivity index (χ3v) is 13.9. The molecule has 0 fully saturated rings. The van der Waals surface area contributed by atoms with Crippen molar-refractivity contribution in [2.24, 2.45) is 5.92 Å². The minimum absolute atomic E-state index is 0.0691. The van der Waals surface area contributed by atoms with Crippen molar-refractivity contribution < 1.29 is 147 Å². The molecule has 11 amide bonds. The summed E-state index contributed by atoms with van der Waals surface area (Å²) in [7, 11) is 0. The monoisotopic (exact) mass is 1370 g/mol. The van der Waals surface area contributed by atoms with E-state index in [9.17, 15) is 147 Å². The van der Waals surface area contributed by atoms with Gasteiger partial charge in [-0.25, -0.2) is 0 Å². The Balaban J connectivity index is 3.73. The number of rotatable bonds is 51. The Morgan fingerprint density at radius 1 is 0.312 bits per heavy atom. The van der Waals surface area contributed by atoms with E-state index >= 15 is 0 Å². The highest BCUT2D eigenvalue weighted by Gasteiger charge is 2.37. The summed E-state index contributed by atoms with van der Waals surface area (Å²) in [5.74, 6) is -30.1. The van der Waals surface area contributed by atoms with Crippen molar-refractivity contribution in [3.8, 4) is 0 Å². The number of aliphatic carboxylic acids is 9. The lowest BCUT2D eigenvalue weighted by molar-refractivity contribution is -0.141. The average Bonchev–Trinajstić information content (AvgIpc) is 0.934. The molecule has 0 unspecified atom stereocenters. The van der Waals surface area contributed by atoms with Gasteiger partial charge in [0.1, 0.15) is 54.1 Å². The maximum Gasteiger partial charge on any atom is 0.303 e. The van der Waals surface area contributed by atoms with Gasteiger partial charge < -0.3 is 93.8 Å². The molecule has 0 aromatic carbocycles. The number of carboxylic acids is 9. The fraction of sp³-hybridized carbons (Fsp3) is 0.589. The second kappa shape index (κ2) is 43.0. The van der Waals surface area contributed by atoms with Crippen LogP contribution in [0.1, 0.15) is 142 Å². The van der Waals surface area contributed by atoms with Crippen LogP contribution in [-0.4, -0.2) is 237 Å². The van der Waals surface area contributed by atoms with Crippen LogP contribution in [0.25, 0.3) is 0 Å². The number of ketones is 1. The van der Waals surface area contributed by atoms with Gasteiger partial charge in [0.05, 0.1) is 0 Å². The number of carboxylic acid groups (broad SMARTS) is 9. The number of carbonyl (C=O) groups is 21. The Hall–Kier alpha value is -11.0. The molecule has 18 N–H and O–H groups in total. The molecule has 0 aromatic heterocycles. The number of Topliss-reactive ketones (excluding diaryl/α,β-unsaturated/α-hetero) is 1. The number of amides is 11. The van der Waals surface area contributed by atoms with E-state index in [2.05, 4.69) is 42.5 Å². The van der Waals surface area contributed by atoms with E-state index in [1.807, 2.05) is 5.32 Å². The molecular formula is C56H78N10O30. The van der Waals surface area contributed by atoms with Gasteiger partial charge in [-0.1, -0.05) is 6.92 Å². The highest BCUT2D eigenvalue weighted by Crippen LogP contribution is 2.17. The van der Waals surface area contributed by atoms with Crippen molar-refractivity contribution in [1.82, 2.24) is 52.8 Å². The van der Waals surface area contributed by atoms with E-state index in [1.54, 1.807) is 6.92 Å². The molecule has 1 aliphatic heterocycles. The molecule has 532 valence electrons. The van der Waals surface area contributed by atoms with Crippen molar-refractivity contribution in [3.05, 3.63) is 12.2 Å². The van der Waals surface area contributed by atoms with Crippen molar-refractivity contribution >= 4 is 124 Å². The summed E-state index contributed by atoms with van der Waals surface area (Å²) >= 11 is 0. The van der Waals surface area contributed by atoms with E-state index in [4.69, 9.17) is 0 Å². The second-order valence-corrected chi connectivity index (χ2v) is 21.5. The fourth-order valence-electron chi connectivity index (χ4n) is 8.75. The molecule has 0 bridgehead atoms. The molecule has 0 spiro atoms. The molecule has 96 heavy (non-hydrogen) atoms. The maximum atomic E-state index is 14.1. The number of nitrogens with zero attached hydrogens (tertiary/aromatic N) is 1. The van der Waals surface area contributed by atoms with Crippen LogP contribution in [0.5, 0.6) is 0 Å². The smallest absolute Gasteiger partial charge is 0.303 e. The second-order valence-electron chi connectivity index (χ2n) is 21.5. The fourth-order valence-corrected chi connectivity index (χ4v) is 8.75. The third kappa shape index (κ3) is 34.1. The SMILES string of the molecule is CCCNC(=O)[C@@H](CCC(=O)O)NC(=O)[C@@H](CCC(=O)O)NC(=O)[C@@H](CCC(=O)O)NC(=O)[C@@H](CCC(=O)O)NC(=O)[C@@H](CCC(=O)O)NC(=O)[C@@H](CCC(=O)O)NC(=O)[C@@H](CCC(=O)O)NC(=O)[C@@H](CCC(=O)O)NC(=O)[C@@H](CCC(=O)O)CC(=O)CCN1C(=O)C=CC1=O.